The number of carbonyl (C=O) groups is 3. The van der Waals surface area contributed by atoms with Crippen LogP contribution in [-0.4, -0.2) is 77.1 Å². The molecule has 3 atom stereocenters. The Hall–Kier alpha value is -2.56. The first kappa shape index (κ1) is 26.1. The van der Waals surface area contributed by atoms with Gasteiger partial charge in [0.2, 0.25) is 11.8 Å². The zero-order chi connectivity index (χ0) is 25.0. The number of H-pyrrole nitrogens is 1. The number of aromatic amines is 1. The van der Waals surface area contributed by atoms with Crippen molar-refractivity contribution >= 4 is 23.8 Å². The quantitative estimate of drug-likeness (QED) is 0.488. The molecule has 1 aromatic rings. The van der Waals surface area contributed by atoms with Crippen LogP contribution in [-0.2, 0) is 23.9 Å². The van der Waals surface area contributed by atoms with Crippen LogP contribution in [0.15, 0.2) is 5.70 Å². The van der Waals surface area contributed by atoms with E-state index in [4.69, 9.17) is 14.5 Å². The SMILES string of the molecule is CCC(c1nc(/C=C2\NC(=O)CN(C(C)=O)C2=O)c(C(C)C)[nH]1)C1OCCNC1COC(C)C. The maximum Gasteiger partial charge on any atom is 0.277 e. The summed E-state index contributed by atoms with van der Waals surface area (Å²) in [4.78, 5) is 45.9. The van der Waals surface area contributed by atoms with Crippen molar-refractivity contribution in [3.05, 3.63) is 22.9 Å². The van der Waals surface area contributed by atoms with Crippen LogP contribution in [0.4, 0.5) is 0 Å². The largest absolute Gasteiger partial charge is 0.377 e. The third-order valence-electron chi connectivity index (χ3n) is 6.08. The molecule has 2 fully saturated rings. The van der Waals surface area contributed by atoms with Gasteiger partial charge in [-0.2, -0.15) is 0 Å². The summed E-state index contributed by atoms with van der Waals surface area (Å²) in [6, 6.07) is 0.0267. The van der Waals surface area contributed by atoms with Crippen LogP contribution in [0.5, 0.6) is 0 Å². The van der Waals surface area contributed by atoms with Gasteiger partial charge in [0.05, 0.1) is 37.2 Å². The van der Waals surface area contributed by atoms with Crippen molar-refractivity contribution in [3.63, 3.8) is 0 Å². The molecule has 2 aliphatic heterocycles. The molecule has 2 saturated heterocycles. The molecule has 3 unspecified atom stereocenters. The smallest absolute Gasteiger partial charge is 0.277 e. The second-order valence-corrected chi connectivity index (χ2v) is 9.39. The van der Waals surface area contributed by atoms with Crippen LogP contribution in [0.25, 0.3) is 6.08 Å². The Morgan fingerprint density at radius 1 is 1.29 bits per heavy atom. The molecule has 10 heteroatoms. The molecular weight excluding hydrogens is 438 g/mol. The lowest BCUT2D eigenvalue weighted by molar-refractivity contribution is -0.147. The Balaban J connectivity index is 1.94. The minimum atomic E-state index is -0.538. The molecule has 3 rings (SSSR count). The standard InChI is InChI=1S/C24H37N5O5/c1-7-16(22-19(12-34-14(4)5)25-8-9-33-22)23-27-17(21(28-23)13(2)3)10-18-24(32)29(15(6)30)11-20(31)26-18/h10,13-14,16,19,22,25H,7-9,11-12H2,1-6H3,(H,26,31)(H,27,28)/b18-10-. The lowest BCUT2D eigenvalue weighted by Crippen LogP contribution is -2.53. The normalized spacial score (nSPS) is 23.6. The molecule has 0 spiro atoms. The number of hydrogen-bond acceptors (Lipinski definition) is 7. The molecule has 10 nitrogen and oxygen atoms in total. The zero-order valence-corrected chi connectivity index (χ0v) is 20.9. The van der Waals surface area contributed by atoms with Crippen molar-refractivity contribution in [1.29, 1.82) is 0 Å². The molecule has 34 heavy (non-hydrogen) atoms. The van der Waals surface area contributed by atoms with Crippen molar-refractivity contribution < 1.29 is 23.9 Å². The highest BCUT2D eigenvalue weighted by Gasteiger charge is 2.36. The minimum absolute atomic E-state index is 0.0245. The first-order chi connectivity index (χ1) is 16.1. The molecule has 0 aromatic carbocycles. The van der Waals surface area contributed by atoms with E-state index in [0.29, 0.717) is 18.9 Å². The van der Waals surface area contributed by atoms with Gasteiger partial charge in [0.25, 0.3) is 5.91 Å². The number of ether oxygens (including phenoxy) is 2. The van der Waals surface area contributed by atoms with E-state index in [2.05, 4.69) is 22.5 Å². The Morgan fingerprint density at radius 3 is 2.65 bits per heavy atom. The fourth-order valence-corrected chi connectivity index (χ4v) is 4.34. The van der Waals surface area contributed by atoms with Gasteiger partial charge in [-0.05, 0) is 32.3 Å². The van der Waals surface area contributed by atoms with Crippen LogP contribution >= 0.6 is 0 Å². The van der Waals surface area contributed by atoms with E-state index < -0.39 is 17.7 Å². The first-order valence-corrected chi connectivity index (χ1v) is 12.0. The number of rotatable bonds is 8. The van der Waals surface area contributed by atoms with Gasteiger partial charge in [0.15, 0.2) is 0 Å². The summed E-state index contributed by atoms with van der Waals surface area (Å²) >= 11 is 0. The summed E-state index contributed by atoms with van der Waals surface area (Å²) in [6.45, 7) is 13.1. The highest BCUT2D eigenvalue weighted by molar-refractivity contribution is 6.12. The average molecular weight is 476 g/mol. The van der Waals surface area contributed by atoms with Crippen molar-refractivity contribution in [3.8, 4) is 0 Å². The fourth-order valence-electron chi connectivity index (χ4n) is 4.34. The molecule has 1 aromatic heterocycles. The number of morpholine rings is 1. The van der Waals surface area contributed by atoms with Gasteiger partial charge in [-0.15, -0.1) is 0 Å². The Kier molecular flexibility index (Phi) is 8.62. The van der Waals surface area contributed by atoms with Gasteiger partial charge in [0, 0.05) is 25.1 Å². The lowest BCUT2D eigenvalue weighted by atomic mass is 9.92. The van der Waals surface area contributed by atoms with Crippen LogP contribution < -0.4 is 10.6 Å². The number of amides is 3. The second kappa shape index (κ2) is 11.2. The number of aromatic nitrogens is 2. The van der Waals surface area contributed by atoms with Crippen LogP contribution in [0.3, 0.4) is 0 Å². The Labute approximate surface area is 200 Å². The monoisotopic (exact) mass is 475 g/mol. The number of hydrogen-bond donors (Lipinski definition) is 3. The number of imide groups is 1. The van der Waals surface area contributed by atoms with Crippen molar-refractivity contribution in [1.82, 2.24) is 25.5 Å². The molecule has 0 bridgehead atoms. The van der Waals surface area contributed by atoms with Crippen molar-refractivity contribution in [2.75, 3.05) is 26.3 Å². The van der Waals surface area contributed by atoms with E-state index in [-0.39, 0.29) is 42.3 Å². The van der Waals surface area contributed by atoms with Gasteiger partial charge in [-0.25, -0.2) is 4.98 Å². The van der Waals surface area contributed by atoms with Gasteiger partial charge < -0.3 is 25.1 Å². The van der Waals surface area contributed by atoms with Gasteiger partial charge in [0.1, 0.15) is 18.1 Å². The molecule has 2 aliphatic rings. The summed E-state index contributed by atoms with van der Waals surface area (Å²) in [5.74, 6) is -0.592. The number of piperazine rings is 1. The molecule has 0 saturated carbocycles. The Morgan fingerprint density at radius 2 is 2.03 bits per heavy atom. The van der Waals surface area contributed by atoms with Gasteiger partial charge in [-0.3, -0.25) is 19.3 Å². The van der Waals surface area contributed by atoms with Crippen molar-refractivity contribution in [2.24, 2.45) is 0 Å². The molecular formula is C24H37N5O5. The first-order valence-electron chi connectivity index (χ1n) is 12.0. The molecule has 3 heterocycles. The fraction of sp³-hybridized carbons (Fsp3) is 0.667. The second-order valence-electron chi connectivity index (χ2n) is 9.39. The predicted octanol–water partition coefficient (Wildman–Crippen LogP) is 1.65. The average Bonchev–Trinajstić information content (AvgIpc) is 3.19. The summed E-state index contributed by atoms with van der Waals surface area (Å²) in [5.41, 5.74) is 1.45. The third-order valence-corrected chi connectivity index (χ3v) is 6.08. The number of nitrogens with one attached hydrogen (secondary N) is 3. The van der Waals surface area contributed by atoms with E-state index in [1.165, 1.54) is 6.92 Å². The van der Waals surface area contributed by atoms with E-state index in [9.17, 15) is 14.4 Å². The van der Waals surface area contributed by atoms with Crippen LogP contribution in [0.2, 0.25) is 0 Å². The Bertz CT molecular complexity index is 938. The van der Waals surface area contributed by atoms with Crippen LogP contribution in [0.1, 0.15) is 77.0 Å². The van der Waals surface area contributed by atoms with Gasteiger partial charge >= 0.3 is 0 Å². The van der Waals surface area contributed by atoms with Crippen molar-refractivity contribution in [2.45, 2.75) is 78.0 Å². The lowest BCUT2D eigenvalue weighted by Gasteiger charge is -2.37. The molecule has 188 valence electrons. The van der Waals surface area contributed by atoms with Crippen LogP contribution in [0, 0.1) is 0 Å². The topological polar surface area (TPSA) is 126 Å². The van der Waals surface area contributed by atoms with E-state index >= 15 is 0 Å². The summed E-state index contributed by atoms with van der Waals surface area (Å²) in [7, 11) is 0. The van der Waals surface area contributed by atoms with E-state index in [1.807, 2.05) is 27.7 Å². The predicted molar refractivity (Wildman–Crippen MR) is 127 cm³/mol. The summed E-state index contributed by atoms with van der Waals surface area (Å²) < 4.78 is 12.1. The van der Waals surface area contributed by atoms with Gasteiger partial charge in [-0.1, -0.05) is 20.8 Å². The van der Waals surface area contributed by atoms with E-state index in [1.54, 1.807) is 6.08 Å². The summed E-state index contributed by atoms with van der Waals surface area (Å²) in [6.07, 6.45) is 2.33. The zero-order valence-electron chi connectivity index (χ0n) is 20.9. The summed E-state index contributed by atoms with van der Waals surface area (Å²) in [5, 5.41) is 6.10. The van der Waals surface area contributed by atoms with E-state index in [0.717, 1.165) is 29.4 Å². The highest BCUT2D eigenvalue weighted by atomic mass is 16.5. The molecule has 0 aliphatic carbocycles. The third kappa shape index (κ3) is 5.92. The number of nitrogens with zero attached hydrogens (tertiary/aromatic N) is 2. The molecule has 3 N–H and O–H groups in total. The number of carbonyl (C=O) groups excluding carboxylic acids is 3. The minimum Gasteiger partial charge on any atom is -0.377 e. The maximum absolute atomic E-state index is 12.8. The highest BCUT2D eigenvalue weighted by Crippen LogP contribution is 2.31. The number of imidazole rings is 1. The molecule has 0 radical (unpaired) electrons. The maximum atomic E-state index is 12.8. The molecule has 3 amide bonds.